The first-order valence-corrected chi connectivity index (χ1v) is 13.1. The quantitative estimate of drug-likeness (QED) is 0.238. The molecule has 4 heterocycles. The summed E-state index contributed by atoms with van der Waals surface area (Å²) in [5.74, 6) is 2.36. The van der Waals surface area contributed by atoms with Crippen molar-refractivity contribution in [3.8, 4) is 28.6 Å². The topological polar surface area (TPSA) is 53.1 Å². The van der Waals surface area contributed by atoms with E-state index in [1.165, 1.54) is 10.1 Å². The van der Waals surface area contributed by atoms with Gasteiger partial charge in [0.2, 0.25) is 4.90 Å². The summed E-state index contributed by atoms with van der Waals surface area (Å²) in [5, 5.41) is 8.94. The van der Waals surface area contributed by atoms with Gasteiger partial charge in [0, 0.05) is 38.7 Å². The highest BCUT2D eigenvalue weighted by Gasteiger charge is 2.18. The molecule has 0 aliphatic rings. The number of hydrogen-bond donors (Lipinski definition) is 0. The molecule has 0 radical (unpaired) electrons. The number of benzene rings is 4. The van der Waals surface area contributed by atoms with Crippen molar-refractivity contribution in [2.45, 2.75) is 0 Å². The van der Waals surface area contributed by atoms with Crippen molar-refractivity contribution >= 4 is 53.5 Å². The summed E-state index contributed by atoms with van der Waals surface area (Å²) in [6.07, 6.45) is 1.82. The van der Waals surface area contributed by atoms with Gasteiger partial charge in [-0.15, -0.1) is 0 Å². The third-order valence-electron chi connectivity index (χ3n) is 6.89. The SMILES string of the molecule is c1ccc(-n2c3ccccc3c3ccc(Oc4cccc(-c5noc6sc7ccccc7c56)c4)cc32)nc1. The van der Waals surface area contributed by atoms with Crippen LogP contribution in [0.25, 0.3) is 59.3 Å². The molecule has 0 amide bonds. The van der Waals surface area contributed by atoms with Crippen LogP contribution in [-0.2, 0) is 0 Å². The molecule has 0 saturated heterocycles. The smallest absolute Gasteiger partial charge is 0.222 e. The minimum absolute atomic E-state index is 0.734. The summed E-state index contributed by atoms with van der Waals surface area (Å²) >= 11 is 1.62. The van der Waals surface area contributed by atoms with Gasteiger partial charge in [-0.25, -0.2) is 4.98 Å². The number of aromatic nitrogens is 3. The first-order chi connectivity index (χ1) is 18.8. The fourth-order valence-corrected chi connectivity index (χ4v) is 6.24. The van der Waals surface area contributed by atoms with Crippen LogP contribution in [0.2, 0.25) is 0 Å². The van der Waals surface area contributed by atoms with Crippen LogP contribution < -0.4 is 4.74 Å². The Labute approximate surface area is 221 Å². The molecule has 4 aromatic carbocycles. The monoisotopic (exact) mass is 509 g/mol. The minimum Gasteiger partial charge on any atom is -0.457 e. The fourth-order valence-electron chi connectivity index (χ4n) is 5.23. The van der Waals surface area contributed by atoms with E-state index >= 15 is 0 Å². The standard InChI is InChI=1S/C32H19N3O2S/c1-3-12-26-23(10-1)24-16-15-22(19-27(24)35(26)29-14-5-6-17-33-29)36-21-9-7-8-20(18-21)31-30-25-11-2-4-13-28(25)38-32(30)37-34-31/h1-19H. The number of hydrogen-bond acceptors (Lipinski definition) is 5. The molecule has 8 rings (SSSR count). The molecule has 0 spiro atoms. The molecule has 4 aromatic heterocycles. The predicted molar refractivity (Wildman–Crippen MR) is 153 cm³/mol. The lowest BCUT2D eigenvalue weighted by Crippen LogP contribution is -1.96. The van der Waals surface area contributed by atoms with Gasteiger partial charge in [-0.1, -0.05) is 71.1 Å². The number of pyridine rings is 1. The van der Waals surface area contributed by atoms with Crippen molar-refractivity contribution in [1.29, 1.82) is 0 Å². The molecule has 0 fully saturated rings. The van der Waals surface area contributed by atoms with Gasteiger partial charge >= 0.3 is 0 Å². The molecular formula is C32H19N3O2S. The van der Waals surface area contributed by atoms with Gasteiger partial charge in [0.15, 0.2) is 0 Å². The molecule has 0 saturated carbocycles. The highest BCUT2D eigenvalue weighted by atomic mass is 32.1. The van der Waals surface area contributed by atoms with Gasteiger partial charge < -0.3 is 9.26 Å². The van der Waals surface area contributed by atoms with Gasteiger partial charge in [0.05, 0.1) is 16.4 Å². The lowest BCUT2D eigenvalue weighted by Gasteiger charge is -2.09. The molecule has 6 heteroatoms. The Bertz CT molecular complexity index is 2120. The van der Waals surface area contributed by atoms with E-state index in [-0.39, 0.29) is 0 Å². The molecule has 5 nitrogen and oxygen atoms in total. The molecule has 38 heavy (non-hydrogen) atoms. The van der Waals surface area contributed by atoms with Gasteiger partial charge in [0.1, 0.15) is 23.0 Å². The third kappa shape index (κ3) is 3.24. The van der Waals surface area contributed by atoms with Crippen molar-refractivity contribution in [2.24, 2.45) is 0 Å². The van der Waals surface area contributed by atoms with Gasteiger partial charge in [-0.2, -0.15) is 0 Å². The van der Waals surface area contributed by atoms with Crippen LogP contribution in [0, 0.1) is 0 Å². The van der Waals surface area contributed by atoms with Crippen LogP contribution in [0.3, 0.4) is 0 Å². The Balaban J connectivity index is 1.23. The minimum atomic E-state index is 0.734. The van der Waals surface area contributed by atoms with Crippen LogP contribution in [0.5, 0.6) is 11.5 Å². The molecule has 0 bridgehead atoms. The highest BCUT2D eigenvalue weighted by Crippen LogP contribution is 2.41. The molecule has 180 valence electrons. The van der Waals surface area contributed by atoms with E-state index in [0.29, 0.717) is 0 Å². The lowest BCUT2D eigenvalue weighted by molar-refractivity contribution is 0.464. The van der Waals surface area contributed by atoms with E-state index in [9.17, 15) is 0 Å². The molecule has 0 aliphatic carbocycles. The average molecular weight is 510 g/mol. The van der Waals surface area contributed by atoms with E-state index in [1.54, 1.807) is 11.3 Å². The largest absolute Gasteiger partial charge is 0.457 e. The van der Waals surface area contributed by atoms with Crippen molar-refractivity contribution < 1.29 is 9.26 Å². The van der Waals surface area contributed by atoms with Crippen molar-refractivity contribution in [3.05, 3.63) is 115 Å². The molecular weight excluding hydrogens is 490 g/mol. The van der Waals surface area contributed by atoms with E-state index < -0.39 is 0 Å². The zero-order chi connectivity index (χ0) is 25.1. The second-order valence-electron chi connectivity index (χ2n) is 9.14. The summed E-state index contributed by atoms with van der Waals surface area (Å²) in [6, 6.07) is 36.9. The van der Waals surface area contributed by atoms with Crippen molar-refractivity contribution in [2.75, 3.05) is 0 Å². The molecule has 8 aromatic rings. The Morgan fingerprint density at radius 3 is 2.42 bits per heavy atom. The van der Waals surface area contributed by atoms with Gasteiger partial charge in [0.25, 0.3) is 0 Å². The summed E-state index contributed by atoms with van der Waals surface area (Å²) in [7, 11) is 0. The number of rotatable bonds is 4. The normalized spacial score (nSPS) is 11.7. The Kier molecular flexibility index (Phi) is 4.62. The molecule has 0 aliphatic heterocycles. The summed E-state index contributed by atoms with van der Waals surface area (Å²) in [5.41, 5.74) is 3.93. The second-order valence-corrected chi connectivity index (χ2v) is 10.2. The Morgan fingerprint density at radius 1 is 0.684 bits per heavy atom. The van der Waals surface area contributed by atoms with E-state index in [2.05, 4.69) is 63.2 Å². The maximum Gasteiger partial charge on any atom is 0.222 e. The lowest BCUT2D eigenvalue weighted by atomic mass is 10.1. The maximum atomic E-state index is 6.40. The fraction of sp³-hybridized carbons (Fsp3) is 0. The number of ether oxygens (including phenoxy) is 1. The van der Waals surface area contributed by atoms with Crippen LogP contribution in [0.1, 0.15) is 0 Å². The number of para-hydroxylation sites is 1. The molecule has 0 atom stereocenters. The Hall–Kier alpha value is -4.94. The Morgan fingerprint density at radius 2 is 1.50 bits per heavy atom. The summed E-state index contributed by atoms with van der Waals surface area (Å²) < 4.78 is 15.5. The predicted octanol–water partition coefficient (Wildman–Crippen LogP) is 8.99. The van der Waals surface area contributed by atoms with Crippen LogP contribution in [0.15, 0.2) is 120 Å². The first kappa shape index (κ1) is 21.2. The summed E-state index contributed by atoms with van der Waals surface area (Å²) in [4.78, 5) is 5.46. The zero-order valence-corrected chi connectivity index (χ0v) is 20.9. The van der Waals surface area contributed by atoms with Gasteiger partial charge in [-0.05, 0) is 48.5 Å². The van der Waals surface area contributed by atoms with Crippen molar-refractivity contribution in [1.82, 2.24) is 14.7 Å². The summed E-state index contributed by atoms with van der Waals surface area (Å²) in [6.45, 7) is 0. The zero-order valence-electron chi connectivity index (χ0n) is 20.0. The average Bonchev–Trinajstić information content (AvgIpc) is 3.64. The van der Waals surface area contributed by atoms with Crippen LogP contribution >= 0.6 is 11.3 Å². The third-order valence-corrected chi connectivity index (χ3v) is 7.93. The van der Waals surface area contributed by atoms with Crippen molar-refractivity contribution in [3.63, 3.8) is 0 Å². The highest BCUT2D eigenvalue weighted by molar-refractivity contribution is 7.25. The number of nitrogens with zero attached hydrogens (tertiary/aromatic N) is 3. The van der Waals surface area contributed by atoms with E-state index in [4.69, 9.17) is 9.26 Å². The van der Waals surface area contributed by atoms with Crippen LogP contribution in [-0.4, -0.2) is 14.7 Å². The number of fused-ring (bicyclic) bond motifs is 6. The number of thiophene rings is 1. The van der Waals surface area contributed by atoms with Gasteiger partial charge in [-0.3, -0.25) is 4.57 Å². The maximum absolute atomic E-state index is 6.40. The van der Waals surface area contributed by atoms with Crippen LogP contribution in [0.4, 0.5) is 0 Å². The second kappa shape index (κ2) is 8.30. The molecule has 0 unspecified atom stereocenters. The van der Waals surface area contributed by atoms with E-state index in [0.717, 1.165) is 60.7 Å². The first-order valence-electron chi connectivity index (χ1n) is 12.3. The molecule has 0 N–H and O–H groups in total. The van der Waals surface area contributed by atoms with E-state index in [1.807, 2.05) is 66.9 Å².